The maximum atomic E-state index is 13.8. The van der Waals surface area contributed by atoms with Gasteiger partial charge in [0.25, 0.3) is 10.0 Å². The molecule has 0 spiro atoms. The van der Waals surface area contributed by atoms with Crippen molar-refractivity contribution in [2.45, 2.75) is 4.90 Å². The summed E-state index contributed by atoms with van der Waals surface area (Å²) >= 11 is 6.58. The molecule has 2 rings (SSSR count). The van der Waals surface area contributed by atoms with E-state index in [1.165, 1.54) is 6.07 Å². The molecule has 0 radical (unpaired) electrons. The molecule has 1 aromatic heterocycles. The Morgan fingerprint density at radius 1 is 1.45 bits per heavy atom. The number of thiophene rings is 1. The van der Waals surface area contributed by atoms with Gasteiger partial charge in [-0.1, -0.05) is 11.6 Å². The minimum Gasteiger partial charge on any atom is -0.399 e. The van der Waals surface area contributed by atoms with Gasteiger partial charge in [-0.05, 0) is 23.6 Å². The molecule has 5 nitrogen and oxygen atoms in total. The minimum atomic E-state index is -4.22. The highest BCUT2D eigenvalue weighted by molar-refractivity contribution is 7.93. The normalized spacial score (nSPS) is 11.1. The molecule has 0 atom stereocenters. The van der Waals surface area contributed by atoms with Crippen molar-refractivity contribution in [2.24, 2.45) is 0 Å². The van der Waals surface area contributed by atoms with Crippen molar-refractivity contribution in [3.05, 3.63) is 40.0 Å². The van der Waals surface area contributed by atoms with E-state index in [0.717, 1.165) is 23.5 Å². The summed E-state index contributed by atoms with van der Waals surface area (Å²) in [4.78, 5) is -0.667. The Labute approximate surface area is 123 Å². The van der Waals surface area contributed by atoms with E-state index in [9.17, 15) is 12.8 Å². The molecular formula is C11H7ClFN3O2S2. The number of sulfonamides is 1. The van der Waals surface area contributed by atoms with E-state index in [-0.39, 0.29) is 16.3 Å². The molecule has 3 N–H and O–H groups in total. The van der Waals surface area contributed by atoms with E-state index in [1.54, 1.807) is 5.38 Å². The average molecular weight is 332 g/mol. The second-order valence-corrected chi connectivity index (χ2v) is 6.67. The molecule has 0 saturated heterocycles. The van der Waals surface area contributed by atoms with Gasteiger partial charge < -0.3 is 5.73 Å². The van der Waals surface area contributed by atoms with E-state index in [2.05, 4.69) is 4.72 Å². The number of hydrogen-bond donors (Lipinski definition) is 2. The number of nitrogen functional groups attached to an aromatic ring is 1. The van der Waals surface area contributed by atoms with Crippen molar-refractivity contribution in [2.75, 3.05) is 10.5 Å². The van der Waals surface area contributed by atoms with Crippen LogP contribution in [0.3, 0.4) is 0 Å². The van der Waals surface area contributed by atoms with Gasteiger partial charge in [-0.3, -0.25) is 4.72 Å². The van der Waals surface area contributed by atoms with Crippen LogP contribution in [0.25, 0.3) is 0 Å². The zero-order valence-corrected chi connectivity index (χ0v) is 12.1. The molecule has 0 fully saturated rings. The Bertz CT molecular complexity index is 812. The van der Waals surface area contributed by atoms with Crippen LogP contribution in [0.5, 0.6) is 0 Å². The summed E-state index contributed by atoms with van der Waals surface area (Å²) in [6, 6.07) is 5.35. The molecule has 104 valence electrons. The number of hydrogen-bond acceptors (Lipinski definition) is 5. The maximum absolute atomic E-state index is 13.8. The highest BCUT2D eigenvalue weighted by atomic mass is 35.5. The first kappa shape index (κ1) is 14.6. The lowest BCUT2D eigenvalue weighted by atomic mass is 10.3. The van der Waals surface area contributed by atoms with Crippen molar-refractivity contribution in [1.82, 2.24) is 0 Å². The summed E-state index contributed by atoms with van der Waals surface area (Å²) in [6.45, 7) is 0. The number of anilines is 2. The predicted octanol–water partition coefficient (Wildman–Crippen LogP) is 2.80. The fourth-order valence-corrected chi connectivity index (χ4v) is 3.92. The molecule has 1 heterocycles. The lowest BCUT2D eigenvalue weighted by molar-refractivity contribution is 0.571. The number of nitriles is 1. The van der Waals surface area contributed by atoms with Crippen molar-refractivity contribution in [3.63, 3.8) is 0 Å². The van der Waals surface area contributed by atoms with Crippen molar-refractivity contribution >= 4 is 43.6 Å². The van der Waals surface area contributed by atoms with Crippen LogP contribution in [0.1, 0.15) is 5.56 Å². The largest absolute Gasteiger partial charge is 0.399 e. The van der Waals surface area contributed by atoms with Crippen molar-refractivity contribution in [3.8, 4) is 6.07 Å². The maximum Gasteiger partial charge on any atom is 0.265 e. The summed E-state index contributed by atoms with van der Waals surface area (Å²) in [6.07, 6.45) is 0. The molecule has 1 aromatic carbocycles. The number of benzene rings is 1. The van der Waals surface area contributed by atoms with Gasteiger partial charge >= 0.3 is 0 Å². The van der Waals surface area contributed by atoms with Crippen LogP contribution in [0, 0.1) is 17.1 Å². The third-order valence-electron chi connectivity index (χ3n) is 2.32. The predicted molar refractivity (Wildman–Crippen MR) is 75.7 cm³/mol. The van der Waals surface area contributed by atoms with Crippen LogP contribution in [0.2, 0.25) is 5.02 Å². The molecule has 0 aliphatic heterocycles. The highest BCUT2D eigenvalue weighted by Crippen LogP contribution is 2.29. The lowest BCUT2D eigenvalue weighted by Crippen LogP contribution is -2.15. The average Bonchev–Trinajstić information content (AvgIpc) is 2.80. The fraction of sp³-hybridized carbons (Fsp3) is 0. The summed E-state index contributed by atoms with van der Waals surface area (Å²) < 4.78 is 40.2. The zero-order valence-electron chi connectivity index (χ0n) is 9.72. The van der Waals surface area contributed by atoms with Crippen LogP contribution in [0.15, 0.2) is 28.5 Å². The first-order chi connectivity index (χ1) is 9.35. The van der Waals surface area contributed by atoms with Gasteiger partial charge in [0.15, 0.2) is 5.82 Å². The van der Waals surface area contributed by atoms with E-state index in [4.69, 9.17) is 22.6 Å². The van der Waals surface area contributed by atoms with Crippen LogP contribution >= 0.6 is 22.9 Å². The van der Waals surface area contributed by atoms with Gasteiger partial charge in [-0.15, -0.1) is 11.3 Å². The lowest BCUT2D eigenvalue weighted by Gasteiger charge is -2.09. The van der Waals surface area contributed by atoms with Gasteiger partial charge in [-0.2, -0.15) is 5.26 Å². The SMILES string of the molecule is N#Cc1ccsc1NS(=O)(=O)c1cc(N)cc(Cl)c1F. The molecule has 0 amide bonds. The van der Waals surface area contributed by atoms with E-state index >= 15 is 0 Å². The second kappa shape index (κ2) is 5.28. The molecule has 0 aliphatic carbocycles. The zero-order chi connectivity index (χ0) is 14.9. The molecule has 2 aromatic rings. The molecular weight excluding hydrogens is 325 g/mol. The summed E-state index contributed by atoms with van der Waals surface area (Å²) in [7, 11) is -4.22. The van der Waals surface area contributed by atoms with Crippen molar-refractivity contribution < 1.29 is 12.8 Å². The standard InChI is InChI=1S/C11H7ClFN3O2S2/c12-8-3-7(15)4-9(10(8)13)20(17,18)16-11-6(5-14)1-2-19-11/h1-4,16H,15H2. The fourth-order valence-electron chi connectivity index (χ4n) is 1.43. The molecule has 0 bridgehead atoms. The summed E-state index contributed by atoms with van der Waals surface area (Å²) in [5.74, 6) is -1.09. The number of rotatable bonds is 3. The molecule has 0 aliphatic rings. The van der Waals surface area contributed by atoms with E-state index < -0.39 is 25.8 Å². The quantitative estimate of drug-likeness (QED) is 0.845. The van der Waals surface area contributed by atoms with Gasteiger partial charge in [0.1, 0.15) is 16.0 Å². The van der Waals surface area contributed by atoms with E-state index in [1.807, 2.05) is 6.07 Å². The van der Waals surface area contributed by atoms with Crippen LogP contribution in [0.4, 0.5) is 15.1 Å². The third-order valence-corrected chi connectivity index (χ3v) is 4.90. The number of nitrogens with two attached hydrogens (primary N) is 1. The first-order valence-corrected chi connectivity index (χ1v) is 7.84. The Hall–Kier alpha value is -1.82. The van der Waals surface area contributed by atoms with Gasteiger partial charge in [0.2, 0.25) is 0 Å². The Balaban J connectivity index is 2.50. The van der Waals surface area contributed by atoms with Gasteiger partial charge in [0.05, 0.1) is 10.6 Å². The highest BCUT2D eigenvalue weighted by Gasteiger charge is 2.23. The Kier molecular flexibility index (Phi) is 3.85. The topological polar surface area (TPSA) is 96.0 Å². The minimum absolute atomic E-state index is 0.0171. The Morgan fingerprint density at radius 3 is 2.80 bits per heavy atom. The number of nitrogens with zero attached hydrogens (tertiary/aromatic N) is 1. The van der Waals surface area contributed by atoms with Crippen LogP contribution in [-0.4, -0.2) is 8.42 Å². The molecule has 9 heteroatoms. The smallest absolute Gasteiger partial charge is 0.265 e. The third kappa shape index (κ3) is 2.70. The summed E-state index contributed by atoms with van der Waals surface area (Å²) in [5.41, 5.74) is 5.63. The monoisotopic (exact) mass is 331 g/mol. The van der Waals surface area contributed by atoms with Crippen LogP contribution < -0.4 is 10.5 Å². The van der Waals surface area contributed by atoms with Crippen LogP contribution in [-0.2, 0) is 10.0 Å². The number of nitrogens with one attached hydrogen (secondary N) is 1. The first-order valence-electron chi connectivity index (χ1n) is 5.10. The summed E-state index contributed by atoms with van der Waals surface area (Å²) in [5, 5.41) is 10.1. The molecule has 0 unspecified atom stereocenters. The van der Waals surface area contributed by atoms with Gasteiger partial charge in [-0.25, -0.2) is 12.8 Å². The second-order valence-electron chi connectivity index (χ2n) is 3.70. The number of halogens is 2. The van der Waals surface area contributed by atoms with E-state index in [0.29, 0.717) is 0 Å². The molecule has 20 heavy (non-hydrogen) atoms. The molecule has 0 saturated carbocycles. The van der Waals surface area contributed by atoms with Gasteiger partial charge in [0, 0.05) is 5.69 Å². The Morgan fingerprint density at radius 2 is 2.15 bits per heavy atom. The van der Waals surface area contributed by atoms with Crippen molar-refractivity contribution in [1.29, 1.82) is 5.26 Å².